The Bertz CT molecular complexity index is 170. The Kier molecular flexibility index (Phi) is 2.23. The molecule has 0 heterocycles. The number of carbonyl (C=O) groups excluding carboxylic acids is 1. The van der Waals surface area contributed by atoms with E-state index >= 15 is 0 Å². The van der Waals surface area contributed by atoms with Crippen molar-refractivity contribution in [2.24, 2.45) is 11.7 Å². The second-order valence-electron chi connectivity index (χ2n) is 2.94. The molecule has 0 aliphatic heterocycles. The fourth-order valence-corrected chi connectivity index (χ4v) is 1.34. The summed E-state index contributed by atoms with van der Waals surface area (Å²) in [6, 6.07) is 0. The van der Waals surface area contributed by atoms with Gasteiger partial charge in [0.1, 0.15) is 5.78 Å². The lowest BCUT2D eigenvalue weighted by Gasteiger charge is -2.19. The number of hydrogen-bond acceptors (Lipinski definition) is 2. The van der Waals surface area contributed by atoms with Gasteiger partial charge in [0, 0.05) is 18.8 Å². The van der Waals surface area contributed by atoms with Crippen LogP contribution in [0.1, 0.15) is 19.3 Å². The molecule has 64 valence electrons. The molecule has 2 nitrogen and oxygen atoms in total. The molecule has 0 spiro atoms. The topological polar surface area (TPSA) is 43.1 Å². The molecule has 2 N–H and O–H groups in total. The van der Waals surface area contributed by atoms with Crippen LogP contribution in [0.3, 0.4) is 0 Å². The van der Waals surface area contributed by atoms with Crippen LogP contribution in [0.25, 0.3) is 0 Å². The highest BCUT2D eigenvalue weighted by molar-refractivity contribution is 5.80. The lowest BCUT2D eigenvalue weighted by molar-refractivity contribution is -0.119. The average molecular weight is 163 g/mol. The van der Waals surface area contributed by atoms with Gasteiger partial charge in [-0.2, -0.15) is 0 Å². The van der Waals surface area contributed by atoms with Crippen LogP contribution >= 0.6 is 0 Å². The number of alkyl halides is 2. The summed E-state index contributed by atoms with van der Waals surface area (Å²) in [6.07, 6.45) is 0.591. The number of halogens is 2. The van der Waals surface area contributed by atoms with E-state index in [9.17, 15) is 13.6 Å². The van der Waals surface area contributed by atoms with Crippen LogP contribution in [0, 0.1) is 5.92 Å². The van der Waals surface area contributed by atoms with Gasteiger partial charge in [-0.05, 0) is 6.42 Å². The van der Waals surface area contributed by atoms with Gasteiger partial charge in [-0.3, -0.25) is 4.79 Å². The molecular weight excluding hydrogens is 152 g/mol. The van der Waals surface area contributed by atoms with Crippen molar-refractivity contribution < 1.29 is 13.6 Å². The minimum atomic E-state index is -2.84. The van der Waals surface area contributed by atoms with Crippen LogP contribution in [0.2, 0.25) is 0 Å². The molecule has 0 bridgehead atoms. The lowest BCUT2D eigenvalue weighted by Crippen LogP contribution is -2.35. The molecule has 4 heteroatoms. The number of ketones is 1. The normalized spacial score (nSPS) is 26.1. The molecule has 0 saturated heterocycles. The van der Waals surface area contributed by atoms with Crippen molar-refractivity contribution >= 4 is 5.78 Å². The first-order valence-corrected chi connectivity index (χ1v) is 3.66. The summed E-state index contributed by atoms with van der Waals surface area (Å²) in [4.78, 5) is 10.6. The van der Waals surface area contributed by atoms with Crippen molar-refractivity contribution in [1.29, 1.82) is 0 Å². The van der Waals surface area contributed by atoms with E-state index in [1.807, 2.05) is 0 Å². The van der Waals surface area contributed by atoms with Crippen molar-refractivity contribution in [1.82, 2.24) is 0 Å². The minimum Gasteiger partial charge on any atom is -0.325 e. The number of Topliss-reactive ketones (excluding diaryl/α,β-unsaturated/α-hetero) is 1. The predicted octanol–water partition coefficient (Wildman–Crippen LogP) is 0.950. The second-order valence-corrected chi connectivity index (χ2v) is 2.94. The van der Waals surface area contributed by atoms with Gasteiger partial charge in [0.2, 0.25) is 0 Å². The van der Waals surface area contributed by atoms with E-state index in [-0.39, 0.29) is 12.2 Å². The van der Waals surface area contributed by atoms with Crippen LogP contribution in [0.5, 0.6) is 0 Å². The van der Waals surface area contributed by atoms with Crippen molar-refractivity contribution in [3.63, 3.8) is 0 Å². The minimum absolute atomic E-state index is 0.00417. The van der Waals surface area contributed by atoms with Crippen LogP contribution in [0.4, 0.5) is 8.78 Å². The van der Waals surface area contributed by atoms with Crippen LogP contribution in [0.15, 0.2) is 0 Å². The average Bonchev–Trinajstić information content (AvgIpc) is 2.36. The standard InChI is InChI=1S/C7H11F2NO/c8-7(9,4-10)5-1-2-6(11)3-5/h5H,1-4,10H2. The number of carbonyl (C=O) groups is 1. The smallest absolute Gasteiger partial charge is 0.263 e. The highest BCUT2D eigenvalue weighted by atomic mass is 19.3. The lowest BCUT2D eigenvalue weighted by atomic mass is 10.0. The van der Waals surface area contributed by atoms with Gasteiger partial charge in [0.15, 0.2) is 0 Å². The van der Waals surface area contributed by atoms with Gasteiger partial charge in [0.05, 0.1) is 6.54 Å². The molecule has 1 unspecified atom stereocenters. The van der Waals surface area contributed by atoms with E-state index in [4.69, 9.17) is 5.73 Å². The molecule has 0 aromatic rings. The molecule has 1 fully saturated rings. The summed E-state index contributed by atoms with van der Waals surface area (Å²) in [5.41, 5.74) is 4.87. The Morgan fingerprint density at radius 1 is 1.64 bits per heavy atom. The zero-order chi connectivity index (χ0) is 8.48. The predicted molar refractivity (Wildman–Crippen MR) is 36.3 cm³/mol. The first kappa shape index (κ1) is 8.59. The first-order valence-electron chi connectivity index (χ1n) is 3.66. The van der Waals surface area contributed by atoms with Crippen LogP contribution < -0.4 is 5.73 Å². The summed E-state index contributed by atoms with van der Waals surface area (Å²) in [5, 5.41) is 0. The van der Waals surface area contributed by atoms with Gasteiger partial charge >= 0.3 is 0 Å². The Morgan fingerprint density at radius 2 is 2.27 bits per heavy atom. The largest absolute Gasteiger partial charge is 0.325 e. The molecule has 1 saturated carbocycles. The monoisotopic (exact) mass is 163 g/mol. The van der Waals surface area contributed by atoms with E-state index in [0.29, 0.717) is 12.8 Å². The van der Waals surface area contributed by atoms with Gasteiger partial charge < -0.3 is 5.73 Å². The molecule has 0 aromatic heterocycles. The number of hydrogen-bond donors (Lipinski definition) is 1. The van der Waals surface area contributed by atoms with Gasteiger partial charge in [0.25, 0.3) is 5.92 Å². The summed E-state index contributed by atoms with van der Waals surface area (Å²) >= 11 is 0. The Labute approximate surface area is 63.8 Å². The molecule has 1 aliphatic carbocycles. The molecule has 1 atom stereocenters. The van der Waals surface area contributed by atoms with Crippen LogP contribution in [-0.2, 0) is 4.79 Å². The third kappa shape index (κ3) is 1.74. The van der Waals surface area contributed by atoms with E-state index in [1.54, 1.807) is 0 Å². The molecular formula is C7H11F2NO. The zero-order valence-electron chi connectivity index (χ0n) is 6.15. The fourth-order valence-electron chi connectivity index (χ4n) is 1.34. The summed E-state index contributed by atoms with van der Waals surface area (Å²) < 4.78 is 25.5. The highest BCUT2D eigenvalue weighted by Gasteiger charge is 2.42. The highest BCUT2D eigenvalue weighted by Crippen LogP contribution is 2.35. The van der Waals surface area contributed by atoms with Crippen LogP contribution in [-0.4, -0.2) is 18.3 Å². The first-order chi connectivity index (χ1) is 5.06. The molecule has 1 rings (SSSR count). The number of rotatable bonds is 2. The third-order valence-electron chi connectivity index (χ3n) is 2.12. The molecule has 0 aromatic carbocycles. The maximum atomic E-state index is 12.8. The fraction of sp³-hybridized carbons (Fsp3) is 0.857. The van der Waals surface area contributed by atoms with Gasteiger partial charge in [-0.25, -0.2) is 8.78 Å². The third-order valence-corrected chi connectivity index (χ3v) is 2.12. The van der Waals surface area contributed by atoms with Gasteiger partial charge in [-0.15, -0.1) is 0 Å². The maximum Gasteiger partial charge on any atom is 0.263 e. The summed E-state index contributed by atoms with van der Waals surface area (Å²) in [6.45, 7) is -0.648. The molecule has 11 heavy (non-hydrogen) atoms. The molecule has 0 radical (unpaired) electrons. The van der Waals surface area contributed by atoms with E-state index < -0.39 is 18.4 Å². The van der Waals surface area contributed by atoms with E-state index in [2.05, 4.69) is 0 Å². The van der Waals surface area contributed by atoms with Gasteiger partial charge in [-0.1, -0.05) is 0 Å². The summed E-state index contributed by atoms with van der Waals surface area (Å²) in [5.74, 6) is -3.71. The number of nitrogens with two attached hydrogens (primary N) is 1. The molecule has 0 amide bonds. The van der Waals surface area contributed by atoms with Crippen molar-refractivity contribution in [2.75, 3.05) is 6.54 Å². The SMILES string of the molecule is NCC(F)(F)C1CCC(=O)C1. The Hall–Kier alpha value is -0.510. The van der Waals surface area contributed by atoms with Crippen molar-refractivity contribution in [3.05, 3.63) is 0 Å². The van der Waals surface area contributed by atoms with E-state index in [1.165, 1.54) is 0 Å². The second kappa shape index (κ2) is 2.85. The van der Waals surface area contributed by atoms with E-state index in [0.717, 1.165) is 0 Å². The zero-order valence-corrected chi connectivity index (χ0v) is 6.15. The Balaban J connectivity index is 2.55. The molecule has 1 aliphatic rings. The summed E-state index contributed by atoms with van der Waals surface area (Å²) in [7, 11) is 0. The maximum absolute atomic E-state index is 12.8. The van der Waals surface area contributed by atoms with Crippen molar-refractivity contribution in [3.8, 4) is 0 Å². The Morgan fingerprint density at radius 3 is 2.64 bits per heavy atom. The quantitative estimate of drug-likeness (QED) is 0.658. The van der Waals surface area contributed by atoms with Crippen molar-refractivity contribution in [2.45, 2.75) is 25.2 Å².